The maximum atomic E-state index is 12.1. The zero-order valence-corrected chi connectivity index (χ0v) is 13.8. The van der Waals surface area contributed by atoms with E-state index < -0.39 is 10.0 Å². The minimum atomic E-state index is -3.23. The van der Waals surface area contributed by atoms with E-state index in [1.807, 2.05) is 24.3 Å². The third-order valence-electron chi connectivity index (χ3n) is 4.33. The van der Waals surface area contributed by atoms with Crippen molar-refractivity contribution in [2.75, 3.05) is 13.1 Å². The molecule has 0 aromatic heterocycles. The van der Waals surface area contributed by atoms with Crippen molar-refractivity contribution in [3.8, 4) is 0 Å². The maximum Gasteiger partial charge on any atom is 0.215 e. The molecule has 0 unspecified atom stereocenters. The smallest absolute Gasteiger partial charge is 0.215 e. The number of hydrogen-bond donors (Lipinski definition) is 2. The highest BCUT2D eigenvalue weighted by atomic mass is 32.2. The molecule has 0 bridgehead atoms. The minimum Gasteiger partial charge on any atom is -0.313 e. The first-order valence-electron chi connectivity index (χ1n) is 7.74. The summed E-state index contributed by atoms with van der Waals surface area (Å²) < 4.78 is 27.0. The van der Waals surface area contributed by atoms with Crippen LogP contribution in [0.5, 0.6) is 0 Å². The molecule has 0 heterocycles. The summed E-state index contributed by atoms with van der Waals surface area (Å²) >= 11 is 0. The van der Waals surface area contributed by atoms with Crippen molar-refractivity contribution in [1.82, 2.24) is 10.0 Å². The number of sulfonamides is 1. The Hall–Kier alpha value is -0.910. The van der Waals surface area contributed by atoms with Crippen LogP contribution in [-0.4, -0.2) is 21.5 Å². The lowest BCUT2D eigenvalue weighted by Crippen LogP contribution is -2.31. The van der Waals surface area contributed by atoms with E-state index >= 15 is 0 Å². The third-order valence-corrected chi connectivity index (χ3v) is 5.63. The van der Waals surface area contributed by atoms with Crippen molar-refractivity contribution in [2.45, 2.75) is 45.4 Å². The third kappa shape index (κ3) is 5.09. The van der Waals surface area contributed by atoms with Crippen LogP contribution in [-0.2, 0) is 22.3 Å². The molecule has 1 aromatic rings. The fourth-order valence-electron chi connectivity index (χ4n) is 2.39. The average molecular weight is 310 g/mol. The Morgan fingerprint density at radius 3 is 2.24 bits per heavy atom. The summed E-state index contributed by atoms with van der Waals surface area (Å²) in [6, 6.07) is 7.78. The first-order chi connectivity index (χ1) is 9.99. The van der Waals surface area contributed by atoms with E-state index in [9.17, 15) is 8.42 Å². The lowest BCUT2D eigenvalue weighted by atomic mass is 10.1. The summed E-state index contributed by atoms with van der Waals surface area (Å²) in [7, 11) is -3.23. The fraction of sp³-hybridized carbons (Fsp3) is 0.625. The minimum absolute atomic E-state index is 0.0638. The largest absolute Gasteiger partial charge is 0.313 e. The van der Waals surface area contributed by atoms with Gasteiger partial charge in [0.05, 0.1) is 5.75 Å². The standard InChI is InChI=1S/C16H26N2O2S/c1-3-16(9-10-16)13-18-21(19,20)12-15-7-5-14(6-8-15)11-17-4-2/h5-8,17-18H,3-4,9-13H2,1-2H3. The predicted molar refractivity (Wildman–Crippen MR) is 86.4 cm³/mol. The average Bonchev–Trinajstić information content (AvgIpc) is 3.25. The Labute approximate surface area is 128 Å². The van der Waals surface area contributed by atoms with Gasteiger partial charge in [-0.15, -0.1) is 0 Å². The Bertz CT molecular complexity index is 548. The zero-order valence-electron chi connectivity index (χ0n) is 13.0. The Kier molecular flexibility index (Phi) is 5.41. The summed E-state index contributed by atoms with van der Waals surface area (Å²) in [5.74, 6) is 0.0638. The second-order valence-electron chi connectivity index (χ2n) is 6.03. The topological polar surface area (TPSA) is 58.2 Å². The van der Waals surface area contributed by atoms with Crippen LogP contribution in [0, 0.1) is 5.41 Å². The first-order valence-corrected chi connectivity index (χ1v) is 9.40. The molecule has 1 saturated carbocycles. The van der Waals surface area contributed by atoms with Gasteiger partial charge in [-0.2, -0.15) is 0 Å². The van der Waals surface area contributed by atoms with Crippen molar-refractivity contribution in [2.24, 2.45) is 5.41 Å². The van der Waals surface area contributed by atoms with E-state index in [2.05, 4.69) is 23.9 Å². The first kappa shape index (κ1) is 16.5. The zero-order chi connectivity index (χ0) is 15.3. The molecule has 4 nitrogen and oxygen atoms in total. The number of nitrogens with one attached hydrogen (secondary N) is 2. The fourth-order valence-corrected chi connectivity index (χ4v) is 3.65. The van der Waals surface area contributed by atoms with E-state index in [4.69, 9.17) is 0 Å². The van der Waals surface area contributed by atoms with E-state index in [1.165, 1.54) is 5.56 Å². The van der Waals surface area contributed by atoms with Gasteiger partial charge >= 0.3 is 0 Å². The highest BCUT2D eigenvalue weighted by Crippen LogP contribution is 2.47. The highest BCUT2D eigenvalue weighted by Gasteiger charge is 2.41. The van der Waals surface area contributed by atoms with Gasteiger partial charge in [-0.05, 0) is 42.3 Å². The molecule has 1 aliphatic carbocycles. The molecule has 118 valence electrons. The molecule has 1 aromatic carbocycles. The van der Waals surface area contributed by atoms with Gasteiger partial charge in [0.25, 0.3) is 0 Å². The number of rotatable bonds is 9. The molecule has 1 fully saturated rings. The van der Waals surface area contributed by atoms with E-state index in [0.717, 1.165) is 37.9 Å². The summed E-state index contributed by atoms with van der Waals surface area (Å²) in [6.45, 7) is 6.53. The van der Waals surface area contributed by atoms with Gasteiger partial charge in [0, 0.05) is 13.1 Å². The van der Waals surface area contributed by atoms with Crippen LogP contribution in [0.25, 0.3) is 0 Å². The predicted octanol–water partition coefficient (Wildman–Crippen LogP) is 2.41. The number of benzene rings is 1. The van der Waals surface area contributed by atoms with E-state index in [1.54, 1.807) is 0 Å². The van der Waals surface area contributed by atoms with Crippen LogP contribution in [0.4, 0.5) is 0 Å². The molecular formula is C16H26N2O2S. The van der Waals surface area contributed by atoms with Gasteiger partial charge in [0.1, 0.15) is 0 Å². The molecule has 2 rings (SSSR count). The van der Waals surface area contributed by atoms with Crippen molar-refractivity contribution >= 4 is 10.0 Å². The molecule has 5 heteroatoms. The van der Waals surface area contributed by atoms with Gasteiger partial charge in [-0.1, -0.05) is 38.1 Å². The SMILES string of the molecule is CCNCc1ccc(CS(=O)(=O)NCC2(CC)CC2)cc1. The van der Waals surface area contributed by atoms with Gasteiger partial charge in [-0.3, -0.25) is 0 Å². The lowest BCUT2D eigenvalue weighted by molar-refractivity contribution is 0.475. The van der Waals surface area contributed by atoms with Gasteiger partial charge < -0.3 is 5.32 Å². The van der Waals surface area contributed by atoms with Crippen LogP contribution in [0.15, 0.2) is 24.3 Å². The normalized spacial score (nSPS) is 16.9. The van der Waals surface area contributed by atoms with Crippen LogP contribution in [0.2, 0.25) is 0 Å². The second kappa shape index (κ2) is 6.90. The summed E-state index contributed by atoms with van der Waals surface area (Å²) in [4.78, 5) is 0. The van der Waals surface area contributed by atoms with Crippen molar-refractivity contribution in [3.05, 3.63) is 35.4 Å². The van der Waals surface area contributed by atoms with Crippen molar-refractivity contribution in [1.29, 1.82) is 0 Å². The summed E-state index contributed by atoms with van der Waals surface area (Å²) in [6.07, 6.45) is 3.34. The Morgan fingerprint density at radius 2 is 1.71 bits per heavy atom. The molecule has 0 spiro atoms. The molecule has 0 aliphatic heterocycles. The van der Waals surface area contributed by atoms with Gasteiger partial charge in [-0.25, -0.2) is 13.1 Å². The van der Waals surface area contributed by atoms with E-state index in [-0.39, 0.29) is 11.2 Å². The molecule has 21 heavy (non-hydrogen) atoms. The van der Waals surface area contributed by atoms with E-state index in [0.29, 0.717) is 6.54 Å². The van der Waals surface area contributed by atoms with Crippen LogP contribution in [0.1, 0.15) is 44.2 Å². The van der Waals surface area contributed by atoms with Crippen LogP contribution in [0.3, 0.4) is 0 Å². The molecule has 0 atom stereocenters. The van der Waals surface area contributed by atoms with Gasteiger partial charge in [0.2, 0.25) is 10.0 Å². The van der Waals surface area contributed by atoms with Crippen molar-refractivity contribution < 1.29 is 8.42 Å². The number of hydrogen-bond acceptors (Lipinski definition) is 3. The van der Waals surface area contributed by atoms with Gasteiger partial charge in [0.15, 0.2) is 0 Å². The molecule has 1 aliphatic rings. The molecular weight excluding hydrogens is 284 g/mol. The summed E-state index contributed by atoms with van der Waals surface area (Å²) in [5, 5.41) is 3.25. The molecule has 2 N–H and O–H groups in total. The van der Waals surface area contributed by atoms with Crippen molar-refractivity contribution in [3.63, 3.8) is 0 Å². The quantitative estimate of drug-likeness (QED) is 0.736. The van der Waals surface area contributed by atoms with Crippen LogP contribution < -0.4 is 10.0 Å². The molecule has 0 radical (unpaired) electrons. The van der Waals surface area contributed by atoms with Crippen LogP contribution >= 0.6 is 0 Å². The monoisotopic (exact) mass is 310 g/mol. The molecule has 0 amide bonds. The highest BCUT2D eigenvalue weighted by molar-refractivity contribution is 7.88. The lowest BCUT2D eigenvalue weighted by Gasteiger charge is -2.14. The second-order valence-corrected chi connectivity index (χ2v) is 7.84. The summed E-state index contributed by atoms with van der Waals surface area (Å²) in [5.41, 5.74) is 2.25. The Balaban J connectivity index is 1.87. The molecule has 0 saturated heterocycles. The maximum absolute atomic E-state index is 12.1. The Morgan fingerprint density at radius 1 is 1.10 bits per heavy atom.